The monoisotopic (exact) mass is 918 g/mol. The minimum absolute atomic E-state index is 0.000636. The highest BCUT2D eigenvalue weighted by atomic mass is 32.1. The molecule has 1 rings (SSSR count). The molecule has 58 heavy (non-hydrogen) atoms. The second kappa shape index (κ2) is 30.5. The van der Waals surface area contributed by atoms with E-state index in [2.05, 4.69) is 28.6 Å². The van der Waals surface area contributed by atoms with Gasteiger partial charge in [-0.15, -0.1) is 0 Å². The smallest absolute Gasteiger partial charge is 0.462 e. The SMILES string of the molecule is CCCCCCCCCCCCCCCC(=O)O[C@H](COC(=O)CCCCCCCCCS)COP(=O)(O)OC1C(O)[C@H](OP(=O)(O)O)C(OP(=O)(O)O)[C@H](O)[C@@H]1O. The lowest BCUT2D eigenvalue weighted by Gasteiger charge is -2.44. The van der Waals surface area contributed by atoms with Crippen molar-refractivity contribution in [1.29, 1.82) is 0 Å². The molecule has 8 atom stereocenters. The van der Waals surface area contributed by atoms with Crippen LogP contribution in [0, 0.1) is 0 Å². The van der Waals surface area contributed by atoms with Crippen LogP contribution < -0.4 is 0 Å². The van der Waals surface area contributed by atoms with Crippen molar-refractivity contribution in [1.82, 2.24) is 0 Å². The van der Waals surface area contributed by atoms with E-state index in [0.717, 1.165) is 76.4 Å². The van der Waals surface area contributed by atoms with Gasteiger partial charge in [-0.2, -0.15) is 12.6 Å². The minimum Gasteiger partial charge on any atom is -0.462 e. The maximum Gasteiger partial charge on any atom is 0.472 e. The van der Waals surface area contributed by atoms with E-state index in [4.69, 9.17) is 18.5 Å². The van der Waals surface area contributed by atoms with Gasteiger partial charge in [0.15, 0.2) is 6.10 Å². The van der Waals surface area contributed by atoms with Crippen LogP contribution in [0.15, 0.2) is 0 Å². The number of phosphoric acid groups is 3. The van der Waals surface area contributed by atoms with E-state index >= 15 is 0 Å². The van der Waals surface area contributed by atoms with Crippen LogP contribution in [-0.2, 0) is 50.9 Å². The zero-order chi connectivity index (χ0) is 43.6. The third kappa shape index (κ3) is 26.8. The molecule has 8 N–H and O–H groups in total. The first kappa shape index (κ1) is 55.5. The Morgan fingerprint density at radius 3 is 1.38 bits per heavy atom. The van der Waals surface area contributed by atoms with Crippen LogP contribution in [0.1, 0.15) is 148 Å². The van der Waals surface area contributed by atoms with Crippen molar-refractivity contribution >= 4 is 48.0 Å². The standard InChI is InChI=1S/C35H69O19P3S/c1-2-3-4-5-6-7-8-9-10-11-13-17-20-23-29(37)51-27(25-49-28(36)22-19-16-14-12-15-18-21-24-58)26-50-57(47,48)54-33-30(38)31(39)34(52-55(41,42)43)35(32(33)40)53-56(44,45)46/h27,30-35,38-40,58H,2-26H2,1H3,(H,47,48)(H2,41,42,43)(H2,44,45,46)/t27-,30+,31-,32?,33?,34?,35+/m1/s1. The Balaban J connectivity index is 2.80. The maximum atomic E-state index is 13.0. The first-order chi connectivity index (χ1) is 27.3. The van der Waals surface area contributed by atoms with Crippen molar-refractivity contribution in [3.63, 3.8) is 0 Å². The summed E-state index contributed by atoms with van der Waals surface area (Å²) in [6.07, 6.45) is 4.53. The van der Waals surface area contributed by atoms with Gasteiger partial charge in [-0.05, 0) is 25.0 Å². The lowest BCUT2D eigenvalue weighted by Crippen LogP contribution is -2.65. The van der Waals surface area contributed by atoms with Gasteiger partial charge in [0.05, 0.1) is 6.61 Å². The molecule has 0 radical (unpaired) electrons. The molecule has 0 saturated heterocycles. The quantitative estimate of drug-likeness (QED) is 0.0163. The van der Waals surface area contributed by atoms with Gasteiger partial charge >= 0.3 is 35.4 Å². The molecular formula is C35H69O19P3S. The molecule has 23 heteroatoms. The Labute approximate surface area is 347 Å². The highest BCUT2D eigenvalue weighted by Gasteiger charge is 2.56. The summed E-state index contributed by atoms with van der Waals surface area (Å²) in [5.41, 5.74) is 0. The number of rotatable bonds is 35. The first-order valence-corrected chi connectivity index (χ1v) is 25.6. The molecule has 1 aliphatic rings. The average molecular weight is 919 g/mol. The average Bonchev–Trinajstić information content (AvgIpc) is 3.14. The van der Waals surface area contributed by atoms with Crippen LogP contribution in [0.5, 0.6) is 0 Å². The summed E-state index contributed by atoms with van der Waals surface area (Å²) in [6, 6.07) is 0. The van der Waals surface area contributed by atoms with Crippen LogP contribution in [0.4, 0.5) is 0 Å². The molecule has 1 saturated carbocycles. The lowest BCUT2D eigenvalue weighted by molar-refractivity contribution is -0.213. The second-order valence-electron chi connectivity index (χ2n) is 14.7. The predicted molar refractivity (Wildman–Crippen MR) is 214 cm³/mol. The maximum absolute atomic E-state index is 13.0. The lowest BCUT2D eigenvalue weighted by atomic mass is 9.85. The van der Waals surface area contributed by atoms with Gasteiger partial charge in [0.25, 0.3) is 0 Å². The van der Waals surface area contributed by atoms with Crippen molar-refractivity contribution in [2.24, 2.45) is 0 Å². The van der Waals surface area contributed by atoms with Crippen LogP contribution in [0.2, 0.25) is 0 Å². The normalized spacial score (nSPS) is 23.0. The van der Waals surface area contributed by atoms with Crippen molar-refractivity contribution in [3.8, 4) is 0 Å². The zero-order valence-electron chi connectivity index (χ0n) is 33.6. The van der Waals surface area contributed by atoms with Crippen LogP contribution >= 0.6 is 36.1 Å². The molecule has 1 fully saturated rings. The Kier molecular flexibility index (Phi) is 29.2. The summed E-state index contributed by atoms with van der Waals surface area (Å²) in [5.74, 6) is -0.472. The summed E-state index contributed by atoms with van der Waals surface area (Å²) in [5, 5.41) is 31.7. The Hall–Kier alpha value is -0.500. The predicted octanol–water partition coefficient (Wildman–Crippen LogP) is 5.53. The number of unbranched alkanes of at least 4 members (excludes halogenated alkanes) is 18. The number of hydrogen-bond acceptors (Lipinski definition) is 15. The van der Waals surface area contributed by atoms with Gasteiger partial charge in [-0.1, -0.05) is 116 Å². The minimum atomic E-state index is -5.59. The molecule has 0 aromatic carbocycles. The van der Waals surface area contributed by atoms with Crippen molar-refractivity contribution in [2.75, 3.05) is 19.0 Å². The number of aliphatic hydroxyl groups is 3. The highest BCUT2D eigenvalue weighted by Crippen LogP contribution is 2.51. The van der Waals surface area contributed by atoms with Crippen molar-refractivity contribution in [3.05, 3.63) is 0 Å². The Morgan fingerprint density at radius 1 is 0.534 bits per heavy atom. The fourth-order valence-electron chi connectivity index (χ4n) is 6.39. The second-order valence-corrected chi connectivity index (χ2v) is 18.9. The fourth-order valence-corrected chi connectivity index (χ4v) is 8.71. The number of ether oxygens (including phenoxy) is 2. The summed E-state index contributed by atoms with van der Waals surface area (Å²) < 4.78 is 65.0. The molecule has 4 unspecified atom stereocenters. The number of carbonyl (C=O) groups is 2. The van der Waals surface area contributed by atoms with Gasteiger partial charge in [0.2, 0.25) is 0 Å². The summed E-state index contributed by atoms with van der Waals surface area (Å²) in [7, 11) is -16.6. The van der Waals surface area contributed by atoms with E-state index in [-0.39, 0.29) is 12.8 Å². The topological polar surface area (TPSA) is 303 Å². The third-order valence-corrected chi connectivity index (χ3v) is 11.8. The number of carbonyl (C=O) groups excluding carboxylic acids is 2. The number of thiol groups is 1. The molecule has 344 valence electrons. The highest BCUT2D eigenvalue weighted by molar-refractivity contribution is 7.80. The Bertz CT molecular complexity index is 1270. The molecule has 0 amide bonds. The summed E-state index contributed by atoms with van der Waals surface area (Å²) in [4.78, 5) is 72.7. The number of aliphatic hydroxyl groups excluding tert-OH is 3. The van der Waals surface area contributed by atoms with Gasteiger partial charge in [-0.25, -0.2) is 13.7 Å². The molecule has 0 aromatic heterocycles. The van der Waals surface area contributed by atoms with Gasteiger partial charge in [0, 0.05) is 12.8 Å². The van der Waals surface area contributed by atoms with Gasteiger partial charge in [0.1, 0.15) is 43.2 Å². The Morgan fingerprint density at radius 2 is 0.931 bits per heavy atom. The van der Waals surface area contributed by atoms with Gasteiger partial charge in [-0.3, -0.25) is 27.7 Å². The van der Waals surface area contributed by atoms with Crippen LogP contribution in [-0.4, -0.2) is 113 Å². The van der Waals surface area contributed by atoms with Gasteiger partial charge < -0.3 is 49.3 Å². The van der Waals surface area contributed by atoms with Crippen LogP contribution in [0.25, 0.3) is 0 Å². The summed E-state index contributed by atoms with van der Waals surface area (Å²) in [6.45, 7) is 0.717. The first-order valence-electron chi connectivity index (χ1n) is 20.4. The van der Waals surface area contributed by atoms with E-state index < -0.39 is 91.3 Å². The number of esters is 2. The molecule has 1 aliphatic carbocycles. The van der Waals surface area contributed by atoms with Crippen LogP contribution in [0.3, 0.4) is 0 Å². The fraction of sp³-hybridized carbons (Fsp3) is 0.943. The van der Waals surface area contributed by atoms with Crippen molar-refractivity contribution in [2.45, 2.75) is 191 Å². The number of phosphoric ester groups is 3. The molecule has 0 spiro atoms. The molecule has 19 nitrogen and oxygen atoms in total. The van der Waals surface area contributed by atoms with E-state index in [0.29, 0.717) is 12.8 Å². The largest absolute Gasteiger partial charge is 0.472 e. The van der Waals surface area contributed by atoms with E-state index in [9.17, 15) is 63.1 Å². The zero-order valence-corrected chi connectivity index (χ0v) is 37.2. The van der Waals surface area contributed by atoms with Crippen molar-refractivity contribution < 1.29 is 90.6 Å². The molecule has 0 aliphatic heterocycles. The van der Waals surface area contributed by atoms with E-state index in [1.807, 2.05) is 0 Å². The van der Waals surface area contributed by atoms with E-state index in [1.54, 1.807) is 0 Å². The molecule has 0 aromatic rings. The summed E-state index contributed by atoms with van der Waals surface area (Å²) >= 11 is 4.19. The molecular weight excluding hydrogens is 849 g/mol. The molecule has 0 bridgehead atoms. The third-order valence-electron chi connectivity index (χ3n) is 9.47. The number of hydrogen-bond donors (Lipinski definition) is 9. The van der Waals surface area contributed by atoms with E-state index in [1.165, 1.54) is 44.9 Å². The molecule has 0 heterocycles.